The lowest BCUT2D eigenvalue weighted by molar-refractivity contribution is 0.0940. The number of nitrogens with one attached hydrogen (secondary N) is 1. The van der Waals surface area contributed by atoms with E-state index in [9.17, 15) is 4.79 Å². The first-order valence-corrected chi connectivity index (χ1v) is 7.63. The third-order valence-electron chi connectivity index (χ3n) is 2.57. The van der Waals surface area contributed by atoms with Crippen LogP contribution in [0.4, 0.5) is 0 Å². The Hall–Kier alpha value is -0.580. The fraction of sp³-hybridized carbons (Fsp3) is 0.500. The lowest BCUT2D eigenvalue weighted by Crippen LogP contribution is -2.25. The molecule has 1 amide bonds. The van der Waals surface area contributed by atoms with Gasteiger partial charge in [0.05, 0.1) is 10.6 Å². The van der Waals surface area contributed by atoms with Gasteiger partial charge < -0.3 is 10.1 Å². The second-order valence-electron chi connectivity index (χ2n) is 4.20. The fourth-order valence-corrected chi connectivity index (χ4v) is 2.06. The molecule has 5 heteroatoms. The van der Waals surface area contributed by atoms with Crippen LogP contribution < -0.4 is 5.32 Å². The highest BCUT2D eigenvalue weighted by atomic mass is 79.9. The zero-order valence-corrected chi connectivity index (χ0v) is 13.4. The molecule has 0 radical (unpaired) electrons. The lowest BCUT2D eigenvalue weighted by atomic mass is 10.2. The van der Waals surface area contributed by atoms with Gasteiger partial charge in [0, 0.05) is 24.2 Å². The Morgan fingerprint density at radius 1 is 1.37 bits per heavy atom. The van der Waals surface area contributed by atoms with Crippen molar-refractivity contribution < 1.29 is 9.53 Å². The molecule has 0 spiro atoms. The number of benzene rings is 1. The predicted molar refractivity (Wildman–Crippen MR) is 81.8 cm³/mol. The molecule has 0 aliphatic rings. The summed E-state index contributed by atoms with van der Waals surface area (Å²) < 4.78 is 6.26. The van der Waals surface area contributed by atoms with Gasteiger partial charge in [-0.15, -0.1) is 0 Å². The van der Waals surface area contributed by atoms with E-state index in [-0.39, 0.29) is 5.91 Å². The normalized spacial score (nSPS) is 10.5. The van der Waals surface area contributed by atoms with E-state index in [1.165, 1.54) is 0 Å². The Kier molecular flexibility index (Phi) is 8.10. The summed E-state index contributed by atoms with van der Waals surface area (Å²) in [5.74, 6) is -0.153. The first kappa shape index (κ1) is 16.5. The molecule has 19 heavy (non-hydrogen) atoms. The highest BCUT2D eigenvalue weighted by molar-refractivity contribution is 9.10. The van der Waals surface area contributed by atoms with Crippen molar-refractivity contribution >= 4 is 33.4 Å². The number of hydrogen-bond donors (Lipinski definition) is 1. The molecule has 0 heterocycles. The molecule has 0 unspecified atom stereocenters. The number of amides is 1. The molecular weight excluding hydrogens is 330 g/mol. The van der Waals surface area contributed by atoms with E-state index in [2.05, 4.69) is 28.2 Å². The van der Waals surface area contributed by atoms with Crippen molar-refractivity contribution in [3.05, 3.63) is 33.3 Å². The third kappa shape index (κ3) is 6.41. The summed E-state index contributed by atoms with van der Waals surface area (Å²) in [6.45, 7) is 4.19. The summed E-state index contributed by atoms with van der Waals surface area (Å²) >= 11 is 9.31. The van der Waals surface area contributed by atoms with Gasteiger partial charge in [0.25, 0.3) is 5.91 Å². The Bertz CT molecular complexity index is 412. The minimum absolute atomic E-state index is 0.153. The van der Waals surface area contributed by atoms with Gasteiger partial charge in [-0.2, -0.15) is 0 Å². The van der Waals surface area contributed by atoms with Crippen molar-refractivity contribution in [1.82, 2.24) is 5.32 Å². The average Bonchev–Trinajstić information content (AvgIpc) is 2.40. The molecule has 0 saturated heterocycles. The van der Waals surface area contributed by atoms with E-state index in [0.29, 0.717) is 23.7 Å². The molecular formula is C14H19BrClNO2. The van der Waals surface area contributed by atoms with Crippen LogP contribution in [-0.4, -0.2) is 25.7 Å². The molecule has 0 atom stereocenters. The van der Waals surface area contributed by atoms with Crippen molar-refractivity contribution in [2.75, 3.05) is 19.8 Å². The van der Waals surface area contributed by atoms with E-state index in [1.807, 2.05) is 0 Å². The van der Waals surface area contributed by atoms with Crippen molar-refractivity contribution in [2.24, 2.45) is 0 Å². The highest BCUT2D eigenvalue weighted by Crippen LogP contribution is 2.20. The first-order valence-electron chi connectivity index (χ1n) is 6.46. The number of carbonyl (C=O) groups excluding carboxylic acids is 1. The maximum Gasteiger partial charge on any atom is 0.252 e. The van der Waals surface area contributed by atoms with Crippen LogP contribution in [0.1, 0.15) is 36.5 Å². The zero-order chi connectivity index (χ0) is 14.1. The van der Waals surface area contributed by atoms with E-state index >= 15 is 0 Å². The summed E-state index contributed by atoms with van der Waals surface area (Å²) in [6, 6.07) is 5.23. The maximum absolute atomic E-state index is 11.9. The Morgan fingerprint density at radius 2 is 2.11 bits per heavy atom. The summed E-state index contributed by atoms with van der Waals surface area (Å²) in [5.41, 5.74) is 0.489. The zero-order valence-electron chi connectivity index (χ0n) is 11.0. The van der Waals surface area contributed by atoms with E-state index in [4.69, 9.17) is 16.3 Å². The molecule has 1 aromatic carbocycles. The average molecular weight is 349 g/mol. The van der Waals surface area contributed by atoms with Gasteiger partial charge in [-0.1, -0.05) is 40.9 Å². The Balaban J connectivity index is 2.26. The molecule has 0 aliphatic heterocycles. The maximum atomic E-state index is 11.9. The van der Waals surface area contributed by atoms with Gasteiger partial charge in [0.15, 0.2) is 0 Å². The van der Waals surface area contributed by atoms with E-state index < -0.39 is 0 Å². The smallest absolute Gasteiger partial charge is 0.252 e. The van der Waals surface area contributed by atoms with Crippen LogP contribution in [0, 0.1) is 0 Å². The third-order valence-corrected chi connectivity index (χ3v) is 3.39. The predicted octanol–water partition coefficient (Wildman–Crippen LogP) is 4.04. The van der Waals surface area contributed by atoms with Crippen LogP contribution in [-0.2, 0) is 4.74 Å². The number of ether oxygens (including phenoxy) is 1. The van der Waals surface area contributed by atoms with E-state index in [1.54, 1.807) is 18.2 Å². The van der Waals surface area contributed by atoms with E-state index in [0.717, 1.165) is 30.3 Å². The monoisotopic (exact) mass is 347 g/mol. The van der Waals surface area contributed by atoms with Crippen LogP contribution >= 0.6 is 27.5 Å². The molecule has 0 bridgehead atoms. The Morgan fingerprint density at radius 3 is 2.84 bits per heavy atom. The largest absolute Gasteiger partial charge is 0.381 e. The minimum Gasteiger partial charge on any atom is -0.381 e. The molecule has 1 aromatic rings. The molecule has 1 N–H and O–H groups in total. The van der Waals surface area contributed by atoms with Gasteiger partial charge in [-0.05, 0) is 31.0 Å². The minimum atomic E-state index is -0.153. The number of hydrogen-bond acceptors (Lipinski definition) is 2. The number of rotatable bonds is 8. The number of halogens is 2. The fourth-order valence-electron chi connectivity index (χ4n) is 1.49. The lowest BCUT2D eigenvalue weighted by Gasteiger charge is -2.07. The van der Waals surface area contributed by atoms with Gasteiger partial charge in [-0.25, -0.2) is 0 Å². The molecule has 1 rings (SSSR count). The van der Waals surface area contributed by atoms with Gasteiger partial charge >= 0.3 is 0 Å². The van der Waals surface area contributed by atoms with Crippen molar-refractivity contribution in [3.8, 4) is 0 Å². The van der Waals surface area contributed by atoms with Gasteiger partial charge in [0.1, 0.15) is 0 Å². The second kappa shape index (κ2) is 9.34. The van der Waals surface area contributed by atoms with Gasteiger partial charge in [-0.3, -0.25) is 4.79 Å². The van der Waals surface area contributed by atoms with Crippen LogP contribution in [0.2, 0.25) is 5.02 Å². The summed E-state index contributed by atoms with van der Waals surface area (Å²) in [7, 11) is 0. The molecule has 0 aromatic heterocycles. The molecule has 0 saturated carbocycles. The van der Waals surface area contributed by atoms with Crippen molar-refractivity contribution in [1.29, 1.82) is 0 Å². The highest BCUT2D eigenvalue weighted by Gasteiger charge is 2.09. The molecule has 0 aliphatic carbocycles. The molecule has 106 valence electrons. The second-order valence-corrected chi connectivity index (χ2v) is 5.52. The molecule has 0 fully saturated rings. The summed E-state index contributed by atoms with van der Waals surface area (Å²) in [4.78, 5) is 11.9. The quantitative estimate of drug-likeness (QED) is 0.720. The summed E-state index contributed by atoms with van der Waals surface area (Å²) in [6.07, 6.45) is 3.03. The van der Waals surface area contributed by atoms with Crippen molar-refractivity contribution in [2.45, 2.75) is 26.2 Å². The van der Waals surface area contributed by atoms with Crippen LogP contribution in [0.5, 0.6) is 0 Å². The van der Waals surface area contributed by atoms with Crippen LogP contribution in [0.15, 0.2) is 22.7 Å². The van der Waals surface area contributed by atoms with Crippen LogP contribution in [0.3, 0.4) is 0 Å². The topological polar surface area (TPSA) is 38.3 Å². The SMILES string of the molecule is CCCCOCCCNC(=O)c1cc(Br)ccc1Cl. The van der Waals surface area contributed by atoms with Gasteiger partial charge in [0.2, 0.25) is 0 Å². The summed E-state index contributed by atoms with van der Waals surface area (Å²) in [5, 5.41) is 3.29. The molecule has 3 nitrogen and oxygen atoms in total. The standard InChI is InChI=1S/C14H19BrClNO2/c1-2-3-8-19-9-4-7-17-14(18)12-10-11(15)5-6-13(12)16/h5-6,10H,2-4,7-9H2,1H3,(H,17,18). The van der Waals surface area contributed by atoms with Crippen LogP contribution in [0.25, 0.3) is 0 Å². The van der Waals surface area contributed by atoms with Crippen molar-refractivity contribution in [3.63, 3.8) is 0 Å². The first-order chi connectivity index (χ1) is 9.15. The number of unbranched alkanes of at least 4 members (excludes halogenated alkanes) is 1. The Labute approximate surface area is 127 Å². The number of carbonyl (C=O) groups is 1.